The van der Waals surface area contributed by atoms with Gasteiger partial charge in [-0.3, -0.25) is 0 Å². The number of para-hydroxylation sites is 1. The molecule has 4 aromatic carbocycles. The van der Waals surface area contributed by atoms with Crippen LogP contribution < -0.4 is 10.1 Å². The summed E-state index contributed by atoms with van der Waals surface area (Å²) in [6, 6.07) is 27.3. The van der Waals surface area contributed by atoms with E-state index in [4.69, 9.17) is 9.57 Å². The van der Waals surface area contributed by atoms with Crippen molar-refractivity contribution in [2.45, 2.75) is 19.1 Å². The van der Waals surface area contributed by atoms with E-state index in [2.05, 4.69) is 10.5 Å². The third-order valence-electron chi connectivity index (χ3n) is 6.21. The van der Waals surface area contributed by atoms with Crippen molar-refractivity contribution in [1.29, 1.82) is 0 Å². The summed E-state index contributed by atoms with van der Waals surface area (Å²) < 4.78 is 20.0. The Morgan fingerprint density at radius 1 is 1.03 bits per heavy atom. The van der Waals surface area contributed by atoms with Crippen LogP contribution in [0.5, 0.6) is 5.75 Å². The number of benzene rings is 4. The van der Waals surface area contributed by atoms with Gasteiger partial charge in [-0.05, 0) is 29.7 Å². The number of fused-ring (bicyclic) bond motifs is 1. The van der Waals surface area contributed by atoms with E-state index in [-0.39, 0.29) is 31.0 Å². The maximum absolute atomic E-state index is 14.5. The van der Waals surface area contributed by atoms with Gasteiger partial charge in [0.05, 0.1) is 31.6 Å². The zero-order valence-electron chi connectivity index (χ0n) is 19.9. The number of nitrogens with zero attached hydrogens (tertiary/aromatic N) is 2. The summed E-state index contributed by atoms with van der Waals surface area (Å²) in [5, 5.41) is 9.22. The standard InChI is InChI=1S/C29H26FN3O3/c1-35-28-16-7-5-13-24(28)27-17-22(36-32-27)19-33(18-21-10-3-6-14-25(21)30)29(34)31-26-15-8-11-20-9-2-4-12-23(20)26/h2-16,22H,17-19H2,1H3,(H,31,34). The summed E-state index contributed by atoms with van der Waals surface area (Å²) >= 11 is 0. The first kappa shape index (κ1) is 23.4. The number of halogens is 1. The predicted molar refractivity (Wildman–Crippen MR) is 139 cm³/mol. The monoisotopic (exact) mass is 483 g/mol. The lowest BCUT2D eigenvalue weighted by molar-refractivity contribution is 0.0606. The van der Waals surface area contributed by atoms with Crippen molar-refractivity contribution in [2.24, 2.45) is 5.16 Å². The molecule has 36 heavy (non-hydrogen) atoms. The SMILES string of the molecule is COc1ccccc1C1=NOC(CN(Cc2ccccc2F)C(=O)Nc2cccc3ccccc23)C1. The van der Waals surface area contributed by atoms with Gasteiger partial charge in [-0.25, -0.2) is 9.18 Å². The molecule has 0 spiro atoms. The molecule has 4 aromatic rings. The molecule has 6 nitrogen and oxygen atoms in total. The van der Waals surface area contributed by atoms with Crippen molar-refractivity contribution >= 4 is 28.2 Å². The lowest BCUT2D eigenvalue weighted by Gasteiger charge is -2.26. The second-order valence-corrected chi connectivity index (χ2v) is 8.60. The smallest absolute Gasteiger partial charge is 0.322 e. The number of rotatable bonds is 7. The minimum atomic E-state index is -0.380. The molecular formula is C29H26FN3O3. The molecular weight excluding hydrogens is 457 g/mol. The summed E-state index contributed by atoms with van der Waals surface area (Å²) in [7, 11) is 1.61. The molecule has 2 amide bonds. The number of hydrogen-bond donors (Lipinski definition) is 1. The second kappa shape index (κ2) is 10.5. The molecule has 0 radical (unpaired) electrons. The third kappa shape index (κ3) is 5.00. The number of carbonyl (C=O) groups excluding carboxylic acids is 1. The molecule has 1 aliphatic heterocycles. The molecule has 1 atom stereocenters. The molecule has 0 fully saturated rings. The Morgan fingerprint density at radius 2 is 1.78 bits per heavy atom. The molecule has 182 valence electrons. The molecule has 0 saturated heterocycles. The Labute approximate surface area is 208 Å². The van der Waals surface area contributed by atoms with Crippen molar-refractivity contribution < 1.29 is 18.8 Å². The number of urea groups is 1. The fraction of sp³-hybridized carbons (Fsp3) is 0.172. The summed E-state index contributed by atoms with van der Waals surface area (Å²) in [5.74, 6) is 0.344. The van der Waals surface area contributed by atoms with Crippen molar-refractivity contribution in [3.05, 3.63) is 108 Å². The largest absolute Gasteiger partial charge is 0.496 e. The van der Waals surface area contributed by atoms with Gasteiger partial charge in [0.15, 0.2) is 6.10 Å². The van der Waals surface area contributed by atoms with Crippen LogP contribution in [0.15, 0.2) is 96.2 Å². The minimum absolute atomic E-state index is 0.0904. The normalized spacial score (nSPS) is 14.7. The first-order chi connectivity index (χ1) is 17.6. The zero-order valence-corrected chi connectivity index (χ0v) is 19.9. The number of oxime groups is 1. The molecule has 5 rings (SSSR count). The van der Waals surface area contributed by atoms with Crippen LogP contribution in [0.2, 0.25) is 0 Å². The number of nitrogens with one attached hydrogen (secondary N) is 1. The molecule has 1 aliphatic rings. The quantitative estimate of drug-likeness (QED) is 0.340. The first-order valence-corrected chi connectivity index (χ1v) is 11.8. The maximum atomic E-state index is 14.5. The Morgan fingerprint density at radius 3 is 2.64 bits per heavy atom. The molecule has 1 unspecified atom stereocenters. The van der Waals surface area contributed by atoms with E-state index in [1.165, 1.54) is 6.07 Å². The van der Waals surface area contributed by atoms with Crippen LogP contribution in [0.4, 0.5) is 14.9 Å². The Bertz CT molecular complexity index is 1420. The van der Waals surface area contributed by atoms with E-state index in [1.807, 2.05) is 66.7 Å². The van der Waals surface area contributed by atoms with E-state index in [0.717, 1.165) is 22.0 Å². The highest BCUT2D eigenvalue weighted by atomic mass is 19.1. The summed E-state index contributed by atoms with van der Waals surface area (Å²) in [6.45, 7) is 0.320. The van der Waals surface area contributed by atoms with Crippen LogP contribution >= 0.6 is 0 Å². The average molecular weight is 484 g/mol. The number of anilines is 1. The zero-order chi connectivity index (χ0) is 24.9. The maximum Gasteiger partial charge on any atom is 0.322 e. The van der Waals surface area contributed by atoms with Gasteiger partial charge < -0.3 is 19.8 Å². The van der Waals surface area contributed by atoms with E-state index in [0.29, 0.717) is 23.4 Å². The minimum Gasteiger partial charge on any atom is -0.496 e. The van der Waals surface area contributed by atoms with Crippen molar-refractivity contribution in [3.8, 4) is 5.75 Å². The van der Waals surface area contributed by atoms with Gasteiger partial charge in [-0.2, -0.15) is 0 Å². The van der Waals surface area contributed by atoms with Crippen LogP contribution in [0, 0.1) is 5.82 Å². The number of carbonyl (C=O) groups is 1. The number of ether oxygens (including phenoxy) is 1. The lowest BCUT2D eigenvalue weighted by Crippen LogP contribution is -2.40. The van der Waals surface area contributed by atoms with Gasteiger partial charge in [-0.1, -0.05) is 71.9 Å². The van der Waals surface area contributed by atoms with E-state index >= 15 is 0 Å². The molecule has 0 aliphatic carbocycles. The van der Waals surface area contributed by atoms with Gasteiger partial charge in [0.25, 0.3) is 0 Å². The second-order valence-electron chi connectivity index (χ2n) is 8.60. The van der Waals surface area contributed by atoms with E-state index < -0.39 is 0 Å². The van der Waals surface area contributed by atoms with Gasteiger partial charge in [0, 0.05) is 22.9 Å². The van der Waals surface area contributed by atoms with Crippen molar-refractivity contribution in [1.82, 2.24) is 4.90 Å². The summed E-state index contributed by atoms with van der Waals surface area (Å²) in [4.78, 5) is 20.8. The van der Waals surface area contributed by atoms with Crippen LogP contribution in [-0.2, 0) is 11.4 Å². The van der Waals surface area contributed by atoms with E-state index in [1.54, 1.807) is 30.2 Å². The Balaban J connectivity index is 1.36. The highest BCUT2D eigenvalue weighted by Gasteiger charge is 2.28. The third-order valence-corrected chi connectivity index (χ3v) is 6.21. The van der Waals surface area contributed by atoms with Crippen LogP contribution in [0.1, 0.15) is 17.5 Å². The topological polar surface area (TPSA) is 63.2 Å². The fourth-order valence-corrected chi connectivity index (χ4v) is 4.39. The number of hydrogen-bond acceptors (Lipinski definition) is 4. The van der Waals surface area contributed by atoms with Gasteiger partial charge in [-0.15, -0.1) is 0 Å². The van der Waals surface area contributed by atoms with Crippen LogP contribution in [0.25, 0.3) is 10.8 Å². The molecule has 1 heterocycles. The highest BCUT2D eigenvalue weighted by molar-refractivity contribution is 6.04. The number of amides is 2. The van der Waals surface area contributed by atoms with Crippen LogP contribution in [0.3, 0.4) is 0 Å². The highest BCUT2D eigenvalue weighted by Crippen LogP contribution is 2.27. The van der Waals surface area contributed by atoms with Crippen molar-refractivity contribution in [3.63, 3.8) is 0 Å². The molecule has 1 N–H and O–H groups in total. The van der Waals surface area contributed by atoms with Crippen molar-refractivity contribution in [2.75, 3.05) is 19.0 Å². The summed E-state index contributed by atoms with van der Waals surface area (Å²) in [5.41, 5.74) is 2.71. The van der Waals surface area contributed by atoms with Gasteiger partial charge in [0.2, 0.25) is 0 Å². The first-order valence-electron chi connectivity index (χ1n) is 11.8. The Hall–Kier alpha value is -4.39. The van der Waals surface area contributed by atoms with Gasteiger partial charge in [0.1, 0.15) is 11.6 Å². The van der Waals surface area contributed by atoms with Crippen LogP contribution in [-0.4, -0.2) is 36.4 Å². The summed E-state index contributed by atoms with van der Waals surface area (Å²) in [6.07, 6.45) is 0.116. The fourth-order valence-electron chi connectivity index (χ4n) is 4.39. The van der Waals surface area contributed by atoms with Gasteiger partial charge >= 0.3 is 6.03 Å². The molecule has 0 bridgehead atoms. The number of methoxy groups -OCH3 is 1. The molecule has 7 heteroatoms. The predicted octanol–water partition coefficient (Wildman–Crippen LogP) is 6.21. The Kier molecular flexibility index (Phi) is 6.80. The lowest BCUT2D eigenvalue weighted by atomic mass is 10.0. The van der Waals surface area contributed by atoms with E-state index in [9.17, 15) is 9.18 Å². The molecule has 0 aromatic heterocycles. The molecule has 0 saturated carbocycles. The average Bonchev–Trinajstić information content (AvgIpc) is 3.38.